The van der Waals surface area contributed by atoms with Crippen molar-refractivity contribution >= 4 is 33.2 Å². The minimum absolute atomic E-state index is 0. The van der Waals surface area contributed by atoms with Crippen LogP contribution in [0.2, 0.25) is 0 Å². The molecule has 5 nitrogen and oxygen atoms in total. The first-order valence-corrected chi connectivity index (χ1v) is 9.21. The number of pyridine rings is 1. The molecule has 0 saturated carbocycles. The lowest BCUT2D eigenvalue weighted by atomic mass is 10.0. The first-order valence-electron chi connectivity index (χ1n) is 7.73. The van der Waals surface area contributed by atoms with Crippen molar-refractivity contribution in [3.8, 4) is 0 Å². The number of hydrogen-bond acceptors (Lipinski definition) is 4. The molecule has 2 unspecified atom stereocenters. The number of benzene rings is 1. The average Bonchev–Trinajstić information content (AvgIpc) is 2.85. The smallest absolute Gasteiger partial charge is 0.241 e. The van der Waals surface area contributed by atoms with E-state index in [-0.39, 0.29) is 18.4 Å². The van der Waals surface area contributed by atoms with Gasteiger partial charge in [-0.25, -0.2) is 13.1 Å². The summed E-state index contributed by atoms with van der Waals surface area (Å²) in [6, 6.07) is 8.03. The molecule has 3 heterocycles. The quantitative estimate of drug-likeness (QED) is 0.887. The van der Waals surface area contributed by atoms with Crippen molar-refractivity contribution in [1.29, 1.82) is 0 Å². The Morgan fingerprint density at radius 2 is 1.87 bits per heavy atom. The maximum Gasteiger partial charge on any atom is 0.241 e. The molecule has 2 aliphatic rings. The third-order valence-corrected chi connectivity index (χ3v) is 6.30. The minimum atomic E-state index is -3.51. The summed E-state index contributed by atoms with van der Waals surface area (Å²) < 4.78 is 28.5. The predicted octanol–water partition coefficient (Wildman–Crippen LogP) is 2.22. The van der Waals surface area contributed by atoms with Crippen LogP contribution in [0.3, 0.4) is 0 Å². The van der Waals surface area contributed by atoms with E-state index in [1.54, 1.807) is 30.6 Å². The van der Waals surface area contributed by atoms with Gasteiger partial charge in [0.2, 0.25) is 10.0 Å². The number of fused-ring (bicyclic) bond motifs is 3. The topological polar surface area (TPSA) is 71.1 Å². The van der Waals surface area contributed by atoms with Crippen LogP contribution in [-0.2, 0) is 10.0 Å². The number of nitrogens with zero attached hydrogens (tertiary/aromatic N) is 1. The first kappa shape index (κ1) is 16.6. The van der Waals surface area contributed by atoms with E-state index in [1.165, 1.54) is 0 Å². The lowest BCUT2D eigenvalue weighted by molar-refractivity contribution is 0.345. The van der Waals surface area contributed by atoms with Gasteiger partial charge in [-0.05, 0) is 37.8 Å². The van der Waals surface area contributed by atoms with Crippen LogP contribution in [0.4, 0.5) is 0 Å². The molecule has 2 aliphatic heterocycles. The standard InChI is InChI=1S/C16H19N3O2S.ClH/c20-22(21,19-14-8-12-4-5-13(9-14)18-12)16-3-1-2-11-10-17-7-6-15(11)16;/h1-3,6-7,10,12-14,18-19H,4-5,8-9H2;1H. The molecule has 0 amide bonds. The van der Waals surface area contributed by atoms with Crippen LogP contribution in [0.15, 0.2) is 41.6 Å². The number of aromatic nitrogens is 1. The Balaban J connectivity index is 0.00000156. The zero-order chi connectivity index (χ0) is 15.2. The highest BCUT2D eigenvalue weighted by atomic mass is 35.5. The molecule has 2 N–H and O–H groups in total. The first-order chi connectivity index (χ1) is 10.6. The van der Waals surface area contributed by atoms with E-state index in [4.69, 9.17) is 0 Å². The fourth-order valence-corrected chi connectivity index (χ4v) is 5.25. The monoisotopic (exact) mass is 353 g/mol. The summed E-state index contributed by atoms with van der Waals surface area (Å²) in [6.07, 6.45) is 7.39. The number of nitrogens with one attached hydrogen (secondary N) is 2. The van der Waals surface area contributed by atoms with Crippen LogP contribution in [0, 0.1) is 0 Å². The van der Waals surface area contributed by atoms with Crippen LogP contribution in [0.25, 0.3) is 10.8 Å². The molecule has 0 radical (unpaired) electrons. The van der Waals surface area contributed by atoms with Crippen LogP contribution in [0.1, 0.15) is 25.7 Å². The van der Waals surface area contributed by atoms with Gasteiger partial charge < -0.3 is 5.32 Å². The molecular formula is C16H20ClN3O2S. The van der Waals surface area contributed by atoms with E-state index in [0.29, 0.717) is 17.0 Å². The highest BCUT2D eigenvalue weighted by Gasteiger charge is 2.35. The summed E-state index contributed by atoms with van der Waals surface area (Å²) in [6.45, 7) is 0. The lowest BCUT2D eigenvalue weighted by Gasteiger charge is -2.29. The summed E-state index contributed by atoms with van der Waals surface area (Å²) in [5.74, 6) is 0. The number of sulfonamides is 1. The average molecular weight is 354 g/mol. The second kappa shape index (κ2) is 6.36. The van der Waals surface area contributed by atoms with Crippen molar-refractivity contribution in [2.75, 3.05) is 0 Å². The van der Waals surface area contributed by atoms with E-state index in [1.807, 2.05) is 6.07 Å². The molecule has 2 fully saturated rings. The number of piperidine rings is 1. The summed E-state index contributed by atoms with van der Waals surface area (Å²) in [5, 5.41) is 5.10. The van der Waals surface area contributed by atoms with Gasteiger partial charge in [0.1, 0.15) is 0 Å². The van der Waals surface area contributed by atoms with Crippen molar-refractivity contribution in [3.63, 3.8) is 0 Å². The van der Waals surface area contributed by atoms with Gasteiger partial charge in [0, 0.05) is 41.3 Å². The zero-order valence-corrected chi connectivity index (χ0v) is 14.2. The number of hydrogen-bond donors (Lipinski definition) is 2. The van der Waals surface area contributed by atoms with E-state index in [9.17, 15) is 8.42 Å². The second-order valence-electron chi connectivity index (χ2n) is 6.28. The van der Waals surface area contributed by atoms with Crippen LogP contribution in [-0.4, -0.2) is 31.5 Å². The highest BCUT2D eigenvalue weighted by Crippen LogP contribution is 2.28. The number of halogens is 1. The third-order valence-electron chi connectivity index (χ3n) is 4.73. The SMILES string of the molecule is Cl.O=S(=O)(NC1CC2CCC(C1)N2)c1cccc2cnccc12. The minimum Gasteiger partial charge on any atom is -0.311 e. The molecule has 7 heteroatoms. The van der Waals surface area contributed by atoms with E-state index in [2.05, 4.69) is 15.0 Å². The van der Waals surface area contributed by atoms with E-state index in [0.717, 1.165) is 36.5 Å². The van der Waals surface area contributed by atoms with Crippen molar-refractivity contribution < 1.29 is 8.42 Å². The second-order valence-corrected chi connectivity index (χ2v) is 7.96. The maximum absolute atomic E-state index is 12.8. The molecule has 1 aromatic carbocycles. The molecule has 4 rings (SSSR count). The summed E-state index contributed by atoms with van der Waals surface area (Å²) in [4.78, 5) is 4.40. The van der Waals surface area contributed by atoms with E-state index >= 15 is 0 Å². The maximum atomic E-state index is 12.8. The molecule has 1 aromatic heterocycles. The molecule has 2 aromatic rings. The molecule has 2 atom stereocenters. The molecule has 2 saturated heterocycles. The fraction of sp³-hybridized carbons (Fsp3) is 0.438. The number of rotatable bonds is 3. The summed E-state index contributed by atoms with van der Waals surface area (Å²) in [5.41, 5.74) is 0. The van der Waals surface area contributed by atoms with Gasteiger partial charge in [-0.2, -0.15) is 0 Å². The zero-order valence-electron chi connectivity index (χ0n) is 12.6. The van der Waals surface area contributed by atoms with Gasteiger partial charge in [0.05, 0.1) is 4.90 Å². The van der Waals surface area contributed by atoms with Crippen LogP contribution < -0.4 is 10.0 Å². The van der Waals surface area contributed by atoms with Crippen LogP contribution in [0.5, 0.6) is 0 Å². The predicted molar refractivity (Wildman–Crippen MR) is 92.3 cm³/mol. The summed E-state index contributed by atoms with van der Waals surface area (Å²) in [7, 11) is -3.51. The Labute approximate surface area is 142 Å². The Kier molecular flexibility index (Phi) is 4.60. The van der Waals surface area contributed by atoms with Gasteiger partial charge in [0.25, 0.3) is 0 Å². The Hall–Kier alpha value is -1.21. The molecule has 0 aliphatic carbocycles. The molecule has 124 valence electrons. The van der Waals surface area contributed by atoms with Crippen molar-refractivity contribution in [2.24, 2.45) is 0 Å². The lowest BCUT2D eigenvalue weighted by Crippen LogP contribution is -2.47. The van der Waals surface area contributed by atoms with Gasteiger partial charge in [-0.1, -0.05) is 12.1 Å². The molecular weight excluding hydrogens is 334 g/mol. The largest absolute Gasteiger partial charge is 0.311 e. The van der Waals surface area contributed by atoms with Crippen molar-refractivity contribution in [3.05, 3.63) is 36.7 Å². The molecule has 2 bridgehead atoms. The Morgan fingerprint density at radius 3 is 2.61 bits per heavy atom. The van der Waals surface area contributed by atoms with Crippen molar-refractivity contribution in [1.82, 2.24) is 15.0 Å². The fourth-order valence-electron chi connectivity index (χ4n) is 3.76. The van der Waals surface area contributed by atoms with Gasteiger partial charge in [0.15, 0.2) is 0 Å². The van der Waals surface area contributed by atoms with Gasteiger partial charge >= 0.3 is 0 Å². The summed E-state index contributed by atoms with van der Waals surface area (Å²) >= 11 is 0. The van der Waals surface area contributed by atoms with Gasteiger partial charge in [-0.15, -0.1) is 12.4 Å². The Bertz CT molecular complexity index is 795. The van der Waals surface area contributed by atoms with Gasteiger partial charge in [-0.3, -0.25) is 4.98 Å². The highest BCUT2D eigenvalue weighted by molar-refractivity contribution is 7.89. The molecule has 0 spiro atoms. The van der Waals surface area contributed by atoms with E-state index < -0.39 is 10.0 Å². The third kappa shape index (κ3) is 3.21. The molecule has 23 heavy (non-hydrogen) atoms. The van der Waals surface area contributed by atoms with Crippen molar-refractivity contribution in [2.45, 2.75) is 48.7 Å². The normalized spacial score (nSPS) is 26.9. The Morgan fingerprint density at radius 1 is 1.13 bits per heavy atom. The van der Waals surface area contributed by atoms with Crippen LogP contribution >= 0.6 is 12.4 Å².